The van der Waals surface area contributed by atoms with Gasteiger partial charge in [0.25, 0.3) is 0 Å². The summed E-state index contributed by atoms with van der Waals surface area (Å²) in [4.78, 5) is 14.3. The van der Waals surface area contributed by atoms with E-state index in [2.05, 4.69) is 27.8 Å². The molecule has 3 heterocycles. The number of halogens is 2. The van der Waals surface area contributed by atoms with E-state index < -0.39 is 0 Å². The molecule has 2 aromatic carbocycles. The number of aromatic nitrogens is 2. The monoisotopic (exact) mass is 465 g/mol. The normalized spacial score (nSPS) is 20.0. The van der Waals surface area contributed by atoms with Crippen molar-refractivity contribution in [2.75, 3.05) is 18.4 Å². The van der Waals surface area contributed by atoms with Gasteiger partial charge >= 0.3 is 0 Å². The van der Waals surface area contributed by atoms with E-state index in [9.17, 15) is 0 Å². The predicted molar refractivity (Wildman–Crippen MR) is 131 cm³/mol. The molecule has 5 rings (SSSR count). The van der Waals surface area contributed by atoms with Gasteiger partial charge in [-0.05, 0) is 56.0 Å². The van der Waals surface area contributed by atoms with E-state index in [4.69, 9.17) is 33.2 Å². The van der Waals surface area contributed by atoms with E-state index in [1.807, 2.05) is 36.4 Å². The van der Waals surface area contributed by atoms with Crippen LogP contribution in [0.3, 0.4) is 0 Å². The molecule has 0 saturated carbocycles. The van der Waals surface area contributed by atoms with Crippen LogP contribution < -0.4 is 10.6 Å². The first-order chi connectivity index (χ1) is 15.7. The first-order valence-corrected chi connectivity index (χ1v) is 11.8. The Morgan fingerprint density at radius 3 is 2.59 bits per heavy atom. The van der Waals surface area contributed by atoms with Crippen molar-refractivity contribution in [2.24, 2.45) is 10.9 Å². The van der Waals surface area contributed by atoms with Gasteiger partial charge in [0.2, 0.25) is 5.95 Å². The van der Waals surface area contributed by atoms with Crippen molar-refractivity contribution in [3.8, 4) is 0 Å². The van der Waals surface area contributed by atoms with Crippen molar-refractivity contribution in [1.29, 1.82) is 0 Å². The van der Waals surface area contributed by atoms with E-state index in [0.29, 0.717) is 28.5 Å². The van der Waals surface area contributed by atoms with E-state index in [0.717, 1.165) is 42.2 Å². The van der Waals surface area contributed by atoms with Gasteiger partial charge in [-0.15, -0.1) is 0 Å². The van der Waals surface area contributed by atoms with Gasteiger partial charge in [-0.2, -0.15) is 0 Å². The second-order valence-electron chi connectivity index (χ2n) is 8.40. The molecule has 7 heteroatoms. The van der Waals surface area contributed by atoms with Crippen LogP contribution in [-0.2, 0) is 6.54 Å². The molecular formula is C25H25Cl2N5. The number of hydrogen-bond donors (Lipinski definition) is 2. The summed E-state index contributed by atoms with van der Waals surface area (Å²) in [6.07, 6.45) is 5.15. The molecule has 2 aliphatic rings. The molecule has 0 radical (unpaired) electrons. The Bertz CT molecular complexity index is 1110. The number of piperidine rings is 1. The van der Waals surface area contributed by atoms with Crippen molar-refractivity contribution in [2.45, 2.75) is 31.7 Å². The number of nitrogens with zero attached hydrogens (tertiary/aromatic N) is 3. The van der Waals surface area contributed by atoms with Crippen LogP contribution in [0, 0.1) is 5.92 Å². The van der Waals surface area contributed by atoms with E-state index in [-0.39, 0.29) is 5.92 Å². The lowest BCUT2D eigenvalue weighted by molar-refractivity contribution is 0.352. The van der Waals surface area contributed by atoms with Crippen molar-refractivity contribution in [3.05, 3.63) is 81.6 Å². The van der Waals surface area contributed by atoms with Crippen LogP contribution in [0.4, 0.5) is 11.6 Å². The molecule has 32 heavy (non-hydrogen) atoms. The third-order valence-electron chi connectivity index (χ3n) is 6.18. The Kier molecular flexibility index (Phi) is 6.39. The molecule has 164 valence electrons. The van der Waals surface area contributed by atoms with Gasteiger partial charge in [0.05, 0.1) is 27.6 Å². The third kappa shape index (κ3) is 4.51. The van der Waals surface area contributed by atoms with Gasteiger partial charge in [0, 0.05) is 18.0 Å². The van der Waals surface area contributed by atoms with Gasteiger partial charge in [0.15, 0.2) is 0 Å². The molecule has 0 bridgehead atoms. The molecule has 0 spiro atoms. The number of fused-ring (bicyclic) bond motifs is 1. The predicted octanol–water partition coefficient (Wildman–Crippen LogP) is 6.00. The minimum Gasteiger partial charge on any atom is -0.350 e. The molecule has 1 aromatic heterocycles. The highest BCUT2D eigenvalue weighted by molar-refractivity contribution is 6.40. The maximum absolute atomic E-state index is 6.58. The van der Waals surface area contributed by atoms with Crippen LogP contribution in [0.5, 0.6) is 0 Å². The Balaban J connectivity index is 1.46. The van der Waals surface area contributed by atoms with Crippen LogP contribution >= 0.6 is 23.2 Å². The Labute approximate surface area is 198 Å². The summed E-state index contributed by atoms with van der Waals surface area (Å²) < 4.78 is 0. The van der Waals surface area contributed by atoms with Crippen LogP contribution in [0.15, 0.2) is 59.7 Å². The summed E-state index contributed by atoms with van der Waals surface area (Å²) in [6.45, 7) is 2.77. The average Bonchev–Trinajstić information content (AvgIpc) is 3.16. The summed E-state index contributed by atoms with van der Waals surface area (Å²) in [7, 11) is 0. The number of aliphatic imine (C=N–C) groups is 1. The van der Waals surface area contributed by atoms with Gasteiger partial charge < -0.3 is 10.6 Å². The third-order valence-corrected chi connectivity index (χ3v) is 6.81. The molecule has 1 fully saturated rings. The maximum atomic E-state index is 6.58. The zero-order valence-electron chi connectivity index (χ0n) is 17.7. The highest BCUT2D eigenvalue weighted by Gasteiger charge is 2.34. The molecule has 3 aromatic rings. The summed E-state index contributed by atoms with van der Waals surface area (Å²) in [5, 5.41) is 8.11. The highest BCUT2D eigenvalue weighted by atomic mass is 35.5. The highest BCUT2D eigenvalue weighted by Crippen LogP contribution is 2.43. The number of rotatable bonds is 6. The van der Waals surface area contributed by atoms with Crippen LogP contribution in [0.2, 0.25) is 10.0 Å². The van der Waals surface area contributed by atoms with Crippen LogP contribution in [-0.4, -0.2) is 28.8 Å². The van der Waals surface area contributed by atoms with Crippen molar-refractivity contribution in [3.63, 3.8) is 0 Å². The summed E-state index contributed by atoms with van der Waals surface area (Å²) >= 11 is 13.2. The molecule has 2 N–H and O–H groups in total. The quantitative estimate of drug-likeness (QED) is 0.468. The molecule has 2 atom stereocenters. The Morgan fingerprint density at radius 2 is 1.84 bits per heavy atom. The molecule has 2 aliphatic heterocycles. The lowest BCUT2D eigenvalue weighted by Crippen LogP contribution is -2.31. The molecule has 1 saturated heterocycles. The molecule has 1 unspecified atom stereocenters. The minimum absolute atomic E-state index is 0.0348. The fourth-order valence-electron chi connectivity index (χ4n) is 4.58. The molecule has 5 nitrogen and oxygen atoms in total. The van der Waals surface area contributed by atoms with E-state index >= 15 is 0 Å². The summed E-state index contributed by atoms with van der Waals surface area (Å²) in [5.74, 6) is 1.20. The molecular weight excluding hydrogens is 441 g/mol. The van der Waals surface area contributed by atoms with Crippen LogP contribution in [0.1, 0.15) is 42.0 Å². The zero-order chi connectivity index (χ0) is 21.9. The maximum Gasteiger partial charge on any atom is 0.223 e. The Morgan fingerprint density at radius 1 is 1.03 bits per heavy atom. The first-order valence-electron chi connectivity index (χ1n) is 11.1. The number of hydrogen-bond acceptors (Lipinski definition) is 5. The summed E-state index contributed by atoms with van der Waals surface area (Å²) in [5.41, 5.74) is 4.64. The number of benzene rings is 2. The largest absolute Gasteiger partial charge is 0.350 e. The lowest BCUT2D eigenvalue weighted by atomic mass is 9.83. The smallest absolute Gasteiger partial charge is 0.223 e. The van der Waals surface area contributed by atoms with Gasteiger partial charge in [0.1, 0.15) is 5.69 Å². The van der Waals surface area contributed by atoms with Gasteiger partial charge in [-0.25, -0.2) is 15.0 Å². The lowest BCUT2D eigenvalue weighted by Gasteiger charge is -2.26. The average molecular weight is 466 g/mol. The summed E-state index contributed by atoms with van der Waals surface area (Å²) in [6, 6.07) is 15.8. The van der Waals surface area contributed by atoms with Gasteiger partial charge in [-0.3, -0.25) is 0 Å². The topological polar surface area (TPSA) is 62.2 Å². The SMILES string of the molecule is Clc1cccc(Cl)c1C1=Nc2cnc(NCc3ccccc3)nc2C1C[C@@H]1CCCNC1. The number of nitrogens with one attached hydrogen (secondary N) is 2. The zero-order valence-corrected chi connectivity index (χ0v) is 19.2. The van der Waals surface area contributed by atoms with E-state index in [1.54, 1.807) is 6.20 Å². The molecule has 0 aliphatic carbocycles. The fourth-order valence-corrected chi connectivity index (χ4v) is 5.18. The minimum atomic E-state index is 0.0348. The Hall–Kier alpha value is -2.47. The second kappa shape index (κ2) is 9.57. The van der Waals surface area contributed by atoms with Gasteiger partial charge in [-0.1, -0.05) is 59.6 Å². The number of anilines is 1. The second-order valence-corrected chi connectivity index (χ2v) is 9.21. The van der Waals surface area contributed by atoms with Crippen molar-refractivity contribution in [1.82, 2.24) is 15.3 Å². The standard InChI is InChI=1S/C25H25Cl2N5/c26-19-9-4-10-20(27)22(19)24-18(12-17-8-5-11-28-13-17)23-21(31-24)15-30-25(32-23)29-14-16-6-2-1-3-7-16/h1-4,6-7,9-10,15,17-18,28H,5,8,11-14H2,(H,29,30,32)/t17-,18?/m0/s1. The van der Waals surface area contributed by atoms with Crippen molar-refractivity contribution < 1.29 is 0 Å². The first kappa shape index (κ1) is 21.4. The fraction of sp³-hybridized carbons (Fsp3) is 0.320. The molecule has 0 amide bonds. The van der Waals surface area contributed by atoms with Crippen molar-refractivity contribution >= 4 is 40.5 Å². The van der Waals surface area contributed by atoms with E-state index in [1.165, 1.54) is 18.4 Å². The van der Waals surface area contributed by atoms with Crippen LogP contribution in [0.25, 0.3) is 0 Å².